The fourth-order valence-corrected chi connectivity index (χ4v) is 3.60. The van der Waals surface area contributed by atoms with Crippen molar-refractivity contribution in [2.45, 2.75) is 59.3 Å². The largest absolute Gasteiger partial charge is 0.330 e. The topological polar surface area (TPSA) is 26.0 Å². The van der Waals surface area contributed by atoms with E-state index in [9.17, 15) is 0 Å². The van der Waals surface area contributed by atoms with Crippen LogP contribution in [0.3, 0.4) is 0 Å². The van der Waals surface area contributed by atoms with Crippen molar-refractivity contribution in [2.24, 2.45) is 5.73 Å². The third-order valence-electron chi connectivity index (χ3n) is 3.31. The normalized spacial score (nSPS) is 13.1. The van der Waals surface area contributed by atoms with Gasteiger partial charge in [-0.3, -0.25) is 0 Å². The fourth-order valence-electron chi connectivity index (χ4n) is 2.37. The number of nitrogens with two attached hydrogens (primary N) is 1. The van der Waals surface area contributed by atoms with E-state index in [-0.39, 0.29) is 0 Å². The van der Waals surface area contributed by atoms with Crippen LogP contribution in [0.25, 0.3) is 0 Å². The number of unbranched alkanes of at least 4 members (excludes halogenated alkanes) is 2. The van der Waals surface area contributed by atoms with Crippen LogP contribution >= 0.6 is 11.3 Å². The van der Waals surface area contributed by atoms with Gasteiger partial charge in [0.1, 0.15) is 0 Å². The summed E-state index contributed by atoms with van der Waals surface area (Å²) < 4.78 is 0. The molecule has 1 unspecified atom stereocenters. The van der Waals surface area contributed by atoms with Crippen molar-refractivity contribution in [3.8, 4) is 0 Å². The van der Waals surface area contributed by atoms with E-state index in [0.29, 0.717) is 5.92 Å². The minimum atomic E-state index is 0.515. The third-order valence-corrected chi connectivity index (χ3v) is 4.39. The van der Waals surface area contributed by atoms with E-state index in [0.717, 1.165) is 6.54 Å². The summed E-state index contributed by atoms with van der Waals surface area (Å²) in [5, 5.41) is 0. The van der Waals surface area contributed by atoms with Crippen LogP contribution in [0.5, 0.6) is 0 Å². The number of hydrogen-bond donors (Lipinski definition) is 1. The number of aryl methyl sites for hydroxylation is 2. The molecule has 1 atom stereocenters. The summed E-state index contributed by atoms with van der Waals surface area (Å²) in [5.74, 6) is 0.515. The van der Waals surface area contributed by atoms with E-state index in [4.69, 9.17) is 5.73 Å². The molecule has 2 N–H and O–H groups in total. The van der Waals surface area contributed by atoms with Crippen LogP contribution in [0, 0.1) is 13.8 Å². The Morgan fingerprint density at radius 1 is 1.19 bits per heavy atom. The molecule has 0 saturated heterocycles. The van der Waals surface area contributed by atoms with E-state index in [1.807, 2.05) is 11.3 Å². The molecular formula is C14H25NS. The molecule has 1 aromatic heterocycles. The van der Waals surface area contributed by atoms with Crippen molar-refractivity contribution in [3.63, 3.8) is 0 Å². The first kappa shape index (κ1) is 13.7. The highest BCUT2D eigenvalue weighted by atomic mass is 32.1. The minimum Gasteiger partial charge on any atom is -0.330 e. The molecule has 92 valence electrons. The second-order valence-corrected chi connectivity index (χ2v) is 6.13. The van der Waals surface area contributed by atoms with Gasteiger partial charge in [-0.2, -0.15) is 0 Å². The maximum Gasteiger partial charge on any atom is 0.00550 e. The molecule has 1 nitrogen and oxygen atoms in total. The van der Waals surface area contributed by atoms with Gasteiger partial charge in [-0.25, -0.2) is 0 Å². The van der Waals surface area contributed by atoms with Crippen LogP contribution in [-0.2, 0) is 6.42 Å². The van der Waals surface area contributed by atoms with Crippen molar-refractivity contribution in [2.75, 3.05) is 6.54 Å². The Bertz CT molecular complexity index is 328. The molecule has 0 radical (unpaired) electrons. The molecule has 1 aromatic rings. The molecule has 2 heteroatoms. The van der Waals surface area contributed by atoms with Gasteiger partial charge in [-0.15, -0.1) is 11.3 Å². The smallest absolute Gasteiger partial charge is 0.00550 e. The van der Waals surface area contributed by atoms with E-state index in [1.165, 1.54) is 35.4 Å². The number of thiophene rings is 1. The lowest BCUT2D eigenvalue weighted by molar-refractivity contribution is 0.698. The Labute approximate surface area is 104 Å². The fraction of sp³-hybridized carbons (Fsp3) is 0.714. The van der Waals surface area contributed by atoms with Gasteiger partial charge >= 0.3 is 0 Å². The summed E-state index contributed by atoms with van der Waals surface area (Å²) in [4.78, 5) is 2.98. The van der Waals surface area contributed by atoms with Gasteiger partial charge in [-0.1, -0.05) is 26.7 Å². The maximum atomic E-state index is 5.81. The third kappa shape index (κ3) is 3.08. The molecule has 1 heterocycles. The van der Waals surface area contributed by atoms with Crippen molar-refractivity contribution >= 4 is 11.3 Å². The summed E-state index contributed by atoms with van der Waals surface area (Å²) in [6, 6.07) is 0. The summed E-state index contributed by atoms with van der Waals surface area (Å²) in [6.07, 6.45) is 5.19. The molecular weight excluding hydrogens is 214 g/mol. The Morgan fingerprint density at radius 2 is 1.88 bits per heavy atom. The minimum absolute atomic E-state index is 0.515. The van der Waals surface area contributed by atoms with Crippen molar-refractivity contribution in [3.05, 3.63) is 20.9 Å². The van der Waals surface area contributed by atoms with Gasteiger partial charge < -0.3 is 5.73 Å². The monoisotopic (exact) mass is 239 g/mol. The summed E-state index contributed by atoms with van der Waals surface area (Å²) in [6.45, 7) is 9.76. The van der Waals surface area contributed by atoms with Gasteiger partial charge in [0, 0.05) is 9.75 Å². The Balaban J connectivity index is 2.87. The van der Waals surface area contributed by atoms with Gasteiger partial charge in [0.25, 0.3) is 0 Å². The number of hydrogen-bond acceptors (Lipinski definition) is 2. The average Bonchev–Trinajstić information content (AvgIpc) is 2.53. The standard InChI is InChI=1S/C14H25NS/c1-5-6-7-8-13-11(3)16-12(4)14(13)10(2)9-15/h10H,5-9,15H2,1-4H3. The molecule has 0 amide bonds. The van der Waals surface area contributed by atoms with Gasteiger partial charge in [0.05, 0.1) is 0 Å². The maximum absolute atomic E-state index is 5.81. The van der Waals surface area contributed by atoms with Gasteiger partial charge in [0.2, 0.25) is 0 Å². The first-order valence-electron chi connectivity index (χ1n) is 6.40. The Morgan fingerprint density at radius 3 is 2.44 bits per heavy atom. The van der Waals surface area contributed by atoms with E-state index >= 15 is 0 Å². The van der Waals surface area contributed by atoms with Crippen molar-refractivity contribution < 1.29 is 0 Å². The molecule has 0 aliphatic heterocycles. The lowest BCUT2D eigenvalue weighted by Crippen LogP contribution is -2.11. The van der Waals surface area contributed by atoms with Crippen LogP contribution in [0.4, 0.5) is 0 Å². The summed E-state index contributed by atoms with van der Waals surface area (Å²) >= 11 is 1.94. The SMILES string of the molecule is CCCCCc1c(C)sc(C)c1C(C)CN. The van der Waals surface area contributed by atoms with E-state index in [2.05, 4.69) is 27.7 Å². The second kappa shape index (κ2) is 6.41. The molecule has 1 rings (SSSR count). The molecule has 16 heavy (non-hydrogen) atoms. The molecule has 0 spiro atoms. The van der Waals surface area contributed by atoms with E-state index < -0.39 is 0 Å². The molecule has 0 bridgehead atoms. The van der Waals surface area contributed by atoms with Gasteiger partial charge in [0.15, 0.2) is 0 Å². The summed E-state index contributed by atoms with van der Waals surface area (Å²) in [7, 11) is 0. The number of rotatable bonds is 6. The quantitative estimate of drug-likeness (QED) is 0.741. The predicted octanol–water partition coefficient (Wildman–Crippen LogP) is 4.16. The highest BCUT2D eigenvalue weighted by molar-refractivity contribution is 7.12. The zero-order valence-corrected chi connectivity index (χ0v) is 11.9. The zero-order chi connectivity index (χ0) is 12.1. The lowest BCUT2D eigenvalue weighted by atomic mass is 9.93. The molecule has 0 aliphatic rings. The molecule has 0 aliphatic carbocycles. The second-order valence-electron chi connectivity index (χ2n) is 4.70. The zero-order valence-electron chi connectivity index (χ0n) is 11.1. The van der Waals surface area contributed by atoms with Crippen LogP contribution in [0.15, 0.2) is 0 Å². The van der Waals surface area contributed by atoms with Crippen LogP contribution in [0.1, 0.15) is 59.9 Å². The lowest BCUT2D eigenvalue weighted by Gasteiger charge is -2.12. The van der Waals surface area contributed by atoms with E-state index in [1.54, 1.807) is 11.1 Å². The first-order chi connectivity index (χ1) is 7.61. The first-order valence-corrected chi connectivity index (χ1v) is 7.22. The van der Waals surface area contributed by atoms with Crippen LogP contribution in [0.2, 0.25) is 0 Å². The Hall–Kier alpha value is -0.340. The van der Waals surface area contributed by atoms with Crippen LogP contribution < -0.4 is 5.73 Å². The highest BCUT2D eigenvalue weighted by Crippen LogP contribution is 2.33. The molecule has 0 fully saturated rings. The van der Waals surface area contributed by atoms with Gasteiger partial charge in [-0.05, 0) is 50.3 Å². The van der Waals surface area contributed by atoms with Crippen LogP contribution in [-0.4, -0.2) is 6.54 Å². The predicted molar refractivity (Wildman–Crippen MR) is 74.5 cm³/mol. The molecule has 0 aromatic carbocycles. The highest BCUT2D eigenvalue weighted by Gasteiger charge is 2.16. The molecule has 0 saturated carbocycles. The van der Waals surface area contributed by atoms with Crippen molar-refractivity contribution in [1.29, 1.82) is 0 Å². The van der Waals surface area contributed by atoms with Crippen molar-refractivity contribution in [1.82, 2.24) is 0 Å². The summed E-state index contributed by atoms with van der Waals surface area (Å²) in [5.41, 5.74) is 8.94. The Kier molecular flexibility index (Phi) is 5.50. The average molecular weight is 239 g/mol.